The van der Waals surface area contributed by atoms with Crippen LogP contribution in [0.1, 0.15) is 6.92 Å². The van der Waals surface area contributed by atoms with E-state index in [0.29, 0.717) is 0 Å². The van der Waals surface area contributed by atoms with Crippen molar-refractivity contribution < 1.29 is 17.9 Å². The Morgan fingerprint density at radius 3 is 2.67 bits per heavy atom. The molecular formula is C5H10N2O4S. The predicted molar refractivity (Wildman–Crippen MR) is 43.1 cm³/mol. The van der Waals surface area contributed by atoms with E-state index in [1.165, 1.54) is 0 Å². The first-order valence-corrected chi connectivity index (χ1v) is 4.59. The molecule has 0 aliphatic carbocycles. The fourth-order valence-corrected chi connectivity index (χ4v) is 0.799. The fraction of sp³-hybridized carbons (Fsp3) is 0.600. The highest BCUT2D eigenvalue weighted by Crippen LogP contribution is 1.83. The van der Waals surface area contributed by atoms with Gasteiger partial charge in [0.15, 0.2) is 0 Å². The molecule has 0 heterocycles. The molecule has 7 heteroatoms. The van der Waals surface area contributed by atoms with Crippen LogP contribution in [0.4, 0.5) is 0 Å². The second-order valence-electron chi connectivity index (χ2n) is 1.73. The second-order valence-corrected chi connectivity index (χ2v) is 3.23. The molecule has 0 fully saturated rings. The van der Waals surface area contributed by atoms with Gasteiger partial charge in [-0.05, 0) is 6.92 Å². The van der Waals surface area contributed by atoms with E-state index in [0.717, 1.165) is 0 Å². The third-order valence-electron chi connectivity index (χ3n) is 0.874. The zero-order valence-electron chi connectivity index (χ0n) is 6.61. The van der Waals surface area contributed by atoms with E-state index in [1.807, 2.05) is 4.72 Å². The highest BCUT2D eigenvalue weighted by molar-refractivity contribution is 7.88. The molecule has 0 aliphatic heterocycles. The van der Waals surface area contributed by atoms with Crippen LogP contribution < -0.4 is 4.72 Å². The molecule has 0 saturated carbocycles. The topological polar surface area (TPSA) is 84.8 Å². The van der Waals surface area contributed by atoms with Crippen molar-refractivity contribution >= 4 is 22.9 Å². The van der Waals surface area contributed by atoms with Gasteiger partial charge in [-0.25, -0.2) is 0 Å². The molecule has 0 radical (unpaired) electrons. The third kappa shape index (κ3) is 4.80. The maximum absolute atomic E-state index is 10.6. The van der Waals surface area contributed by atoms with E-state index < -0.39 is 22.7 Å². The van der Waals surface area contributed by atoms with E-state index in [1.54, 1.807) is 6.92 Å². The summed E-state index contributed by atoms with van der Waals surface area (Å²) in [5.74, 6) is -0.648. The normalized spacial score (nSPS) is 10.8. The van der Waals surface area contributed by atoms with Crippen molar-refractivity contribution in [2.45, 2.75) is 6.92 Å². The SMILES string of the molecule is C=NS(=O)(=O)NCC(=O)OCC. The molecule has 0 bridgehead atoms. The zero-order chi connectivity index (χ0) is 9.61. The minimum absolute atomic E-state index is 0.210. The van der Waals surface area contributed by atoms with Crippen molar-refractivity contribution in [2.75, 3.05) is 13.2 Å². The molecule has 70 valence electrons. The van der Waals surface area contributed by atoms with Crippen LogP contribution in [-0.4, -0.2) is 34.3 Å². The summed E-state index contributed by atoms with van der Waals surface area (Å²) in [7, 11) is -3.77. The molecular weight excluding hydrogens is 184 g/mol. The van der Waals surface area contributed by atoms with E-state index in [2.05, 4.69) is 15.9 Å². The van der Waals surface area contributed by atoms with Gasteiger partial charge < -0.3 is 4.74 Å². The molecule has 0 spiro atoms. The van der Waals surface area contributed by atoms with E-state index in [9.17, 15) is 13.2 Å². The van der Waals surface area contributed by atoms with Crippen molar-refractivity contribution in [1.29, 1.82) is 0 Å². The summed E-state index contributed by atoms with van der Waals surface area (Å²) in [6.45, 7) is 4.22. The number of hydrogen-bond donors (Lipinski definition) is 1. The number of carbonyl (C=O) groups is 1. The van der Waals surface area contributed by atoms with E-state index in [4.69, 9.17) is 0 Å². The third-order valence-corrected chi connectivity index (χ3v) is 1.72. The Hall–Kier alpha value is -0.950. The Labute approximate surface area is 70.8 Å². The van der Waals surface area contributed by atoms with Gasteiger partial charge in [0.2, 0.25) is 0 Å². The summed E-state index contributed by atoms with van der Waals surface area (Å²) in [5, 5.41) is 0. The van der Waals surface area contributed by atoms with Crippen molar-refractivity contribution in [3.8, 4) is 0 Å². The average Bonchev–Trinajstić information content (AvgIpc) is 2.02. The van der Waals surface area contributed by atoms with Crippen LogP contribution in [0, 0.1) is 0 Å². The van der Waals surface area contributed by atoms with Crippen LogP contribution in [0.5, 0.6) is 0 Å². The van der Waals surface area contributed by atoms with Crippen LogP contribution in [0.25, 0.3) is 0 Å². The van der Waals surface area contributed by atoms with Gasteiger partial charge in [0.1, 0.15) is 6.54 Å². The highest BCUT2D eigenvalue weighted by atomic mass is 32.2. The molecule has 6 nitrogen and oxygen atoms in total. The zero-order valence-corrected chi connectivity index (χ0v) is 7.43. The van der Waals surface area contributed by atoms with E-state index in [-0.39, 0.29) is 6.61 Å². The Bertz CT molecular complexity index is 259. The molecule has 0 amide bonds. The summed E-state index contributed by atoms with van der Waals surface area (Å²) in [5.41, 5.74) is 0. The first-order valence-electron chi connectivity index (χ1n) is 3.15. The Kier molecular flexibility index (Phi) is 4.45. The van der Waals surface area contributed by atoms with Gasteiger partial charge in [0, 0.05) is 6.72 Å². The van der Waals surface area contributed by atoms with Gasteiger partial charge in [-0.3, -0.25) is 4.79 Å². The first kappa shape index (κ1) is 11.1. The molecule has 0 aromatic carbocycles. The number of hydrogen-bond acceptors (Lipinski definition) is 4. The molecule has 0 atom stereocenters. The van der Waals surface area contributed by atoms with Crippen LogP contribution >= 0.6 is 0 Å². The maximum Gasteiger partial charge on any atom is 0.321 e. The molecule has 0 unspecified atom stereocenters. The predicted octanol–water partition coefficient (Wildman–Crippen LogP) is -0.915. The van der Waals surface area contributed by atoms with Gasteiger partial charge >= 0.3 is 16.2 Å². The van der Waals surface area contributed by atoms with Gasteiger partial charge in [-0.15, -0.1) is 0 Å². The Morgan fingerprint density at radius 1 is 1.67 bits per heavy atom. The lowest BCUT2D eigenvalue weighted by molar-refractivity contribution is -0.141. The number of rotatable bonds is 5. The quantitative estimate of drug-likeness (QED) is 0.453. The minimum Gasteiger partial charge on any atom is -0.465 e. The molecule has 1 N–H and O–H groups in total. The summed E-state index contributed by atoms with van der Waals surface area (Å²) in [6, 6.07) is 0. The van der Waals surface area contributed by atoms with Gasteiger partial charge in [0.05, 0.1) is 6.61 Å². The van der Waals surface area contributed by atoms with Gasteiger partial charge in [0.25, 0.3) is 0 Å². The number of ether oxygens (including phenoxy) is 1. The molecule has 12 heavy (non-hydrogen) atoms. The monoisotopic (exact) mass is 194 g/mol. The lowest BCUT2D eigenvalue weighted by atomic mass is 10.7. The molecule has 0 aliphatic rings. The van der Waals surface area contributed by atoms with Gasteiger partial charge in [-0.2, -0.15) is 17.5 Å². The summed E-state index contributed by atoms with van der Waals surface area (Å²) in [4.78, 5) is 10.6. The molecule has 0 aromatic heterocycles. The summed E-state index contributed by atoms with van der Waals surface area (Å²) >= 11 is 0. The van der Waals surface area contributed by atoms with Crippen molar-refractivity contribution in [3.05, 3.63) is 0 Å². The lowest BCUT2D eigenvalue weighted by Gasteiger charge is -2.00. The number of carbonyl (C=O) groups excluding carboxylic acids is 1. The fourth-order valence-electron chi connectivity index (χ4n) is 0.408. The second kappa shape index (κ2) is 4.83. The smallest absolute Gasteiger partial charge is 0.321 e. The van der Waals surface area contributed by atoms with Crippen LogP contribution in [-0.2, 0) is 19.7 Å². The van der Waals surface area contributed by atoms with Crippen molar-refractivity contribution in [2.24, 2.45) is 4.40 Å². The highest BCUT2D eigenvalue weighted by Gasteiger charge is 2.08. The number of esters is 1. The maximum atomic E-state index is 10.6. The van der Waals surface area contributed by atoms with Gasteiger partial charge in [-0.1, -0.05) is 0 Å². The standard InChI is InChI=1S/C5H10N2O4S/c1-3-11-5(8)4-7-12(9,10)6-2/h7H,2-4H2,1H3. The van der Waals surface area contributed by atoms with E-state index >= 15 is 0 Å². The lowest BCUT2D eigenvalue weighted by Crippen LogP contribution is -2.29. The largest absolute Gasteiger partial charge is 0.465 e. The summed E-state index contributed by atoms with van der Waals surface area (Å²) in [6.07, 6.45) is 0. The molecule has 0 saturated heterocycles. The Morgan fingerprint density at radius 2 is 2.25 bits per heavy atom. The molecule has 0 aromatic rings. The van der Waals surface area contributed by atoms with Crippen molar-refractivity contribution in [1.82, 2.24) is 4.72 Å². The summed E-state index contributed by atoms with van der Waals surface area (Å²) < 4.78 is 30.2. The van der Waals surface area contributed by atoms with Crippen molar-refractivity contribution in [3.63, 3.8) is 0 Å². The minimum atomic E-state index is -3.77. The number of nitrogens with zero attached hydrogens (tertiary/aromatic N) is 1. The first-order chi connectivity index (χ1) is 5.52. The molecule has 0 rings (SSSR count). The average molecular weight is 194 g/mol. The number of nitrogens with one attached hydrogen (secondary N) is 1. The van der Waals surface area contributed by atoms with Crippen LogP contribution in [0.2, 0.25) is 0 Å². The van der Waals surface area contributed by atoms with Crippen LogP contribution in [0.3, 0.4) is 0 Å². The van der Waals surface area contributed by atoms with Crippen LogP contribution in [0.15, 0.2) is 4.40 Å². The Balaban J connectivity index is 3.84.